The van der Waals surface area contributed by atoms with Gasteiger partial charge in [-0.25, -0.2) is 0 Å². The first kappa shape index (κ1) is 12.4. The van der Waals surface area contributed by atoms with Gasteiger partial charge in [0, 0.05) is 0 Å². The maximum absolute atomic E-state index is 9.87. The van der Waals surface area contributed by atoms with Crippen molar-refractivity contribution in [2.45, 2.75) is 52.1 Å². The fourth-order valence-corrected chi connectivity index (χ4v) is 1.14. The van der Waals surface area contributed by atoms with Crippen molar-refractivity contribution in [2.24, 2.45) is 0 Å². The van der Waals surface area contributed by atoms with E-state index in [2.05, 4.69) is 26.5 Å². The fraction of sp³-hybridized carbons (Fsp3) is 0.667. The van der Waals surface area contributed by atoms with Gasteiger partial charge in [0.2, 0.25) is 0 Å². The molecule has 0 spiro atoms. The van der Waals surface area contributed by atoms with Gasteiger partial charge in [-0.2, -0.15) is 0 Å². The van der Waals surface area contributed by atoms with Crippen LogP contribution in [-0.4, -0.2) is 10.7 Å². The summed E-state index contributed by atoms with van der Waals surface area (Å²) in [5, 5.41) is 9.87. The summed E-state index contributed by atoms with van der Waals surface area (Å²) >= 11 is 0. The van der Waals surface area contributed by atoms with Gasteiger partial charge in [-0.3, -0.25) is 0 Å². The third-order valence-corrected chi connectivity index (χ3v) is 2.62. The lowest BCUT2D eigenvalue weighted by Gasteiger charge is -2.21. The Morgan fingerprint density at radius 1 is 1.46 bits per heavy atom. The van der Waals surface area contributed by atoms with Crippen LogP contribution in [0.2, 0.25) is 0 Å². The molecule has 1 unspecified atom stereocenters. The molecule has 0 aliphatic rings. The highest BCUT2D eigenvalue weighted by atomic mass is 16.3. The Morgan fingerprint density at radius 3 is 2.46 bits per heavy atom. The molecule has 0 saturated heterocycles. The Labute approximate surface area is 82.2 Å². The molecule has 0 aliphatic carbocycles. The van der Waals surface area contributed by atoms with E-state index in [9.17, 15) is 5.11 Å². The quantitative estimate of drug-likeness (QED) is 0.624. The summed E-state index contributed by atoms with van der Waals surface area (Å²) in [5.74, 6) is 0. The van der Waals surface area contributed by atoms with Gasteiger partial charge >= 0.3 is 0 Å². The van der Waals surface area contributed by atoms with Crippen LogP contribution in [0.3, 0.4) is 0 Å². The van der Waals surface area contributed by atoms with Gasteiger partial charge in [0.25, 0.3) is 0 Å². The molecular weight excluding hydrogens is 160 g/mol. The molecule has 0 radical (unpaired) electrons. The van der Waals surface area contributed by atoms with E-state index in [1.165, 1.54) is 5.57 Å². The van der Waals surface area contributed by atoms with Gasteiger partial charge in [0.1, 0.15) is 0 Å². The van der Waals surface area contributed by atoms with Gasteiger partial charge < -0.3 is 5.11 Å². The number of rotatable bonds is 6. The zero-order valence-corrected chi connectivity index (χ0v) is 9.14. The summed E-state index contributed by atoms with van der Waals surface area (Å²) in [7, 11) is 0. The molecule has 13 heavy (non-hydrogen) atoms. The molecule has 0 aliphatic heterocycles. The topological polar surface area (TPSA) is 20.2 Å². The number of aliphatic hydroxyl groups is 1. The fourth-order valence-electron chi connectivity index (χ4n) is 1.14. The number of hydrogen-bond donors (Lipinski definition) is 1. The molecule has 0 bridgehead atoms. The van der Waals surface area contributed by atoms with Crippen molar-refractivity contribution in [2.75, 3.05) is 0 Å². The first-order chi connectivity index (χ1) is 6.08. The Morgan fingerprint density at radius 2 is 2.08 bits per heavy atom. The SMILES string of the molecule is C=CC(O)(CC)CC/C=C(\C)CC. The van der Waals surface area contributed by atoms with Gasteiger partial charge in [-0.15, -0.1) is 6.58 Å². The average Bonchev–Trinajstić information content (AvgIpc) is 2.17. The van der Waals surface area contributed by atoms with Crippen LogP contribution in [0, 0.1) is 0 Å². The molecule has 76 valence electrons. The Balaban J connectivity index is 3.93. The van der Waals surface area contributed by atoms with Crippen LogP contribution in [0.1, 0.15) is 46.5 Å². The van der Waals surface area contributed by atoms with Crippen LogP contribution in [0.25, 0.3) is 0 Å². The molecule has 1 N–H and O–H groups in total. The highest BCUT2D eigenvalue weighted by Crippen LogP contribution is 2.19. The first-order valence-corrected chi connectivity index (χ1v) is 5.09. The van der Waals surface area contributed by atoms with Gasteiger partial charge in [-0.1, -0.05) is 31.6 Å². The maximum Gasteiger partial charge on any atom is 0.0825 e. The minimum atomic E-state index is -0.662. The molecule has 0 saturated carbocycles. The van der Waals surface area contributed by atoms with Crippen molar-refractivity contribution in [3.8, 4) is 0 Å². The number of allylic oxidation sites excluding steroid dienone is 2. The second kappa shape index (κ2) is 5.98. The van der Waals surface area contributed by atoms with Gasteiger partial charge in [-0.05, 0) is 32.6 Å². The Bertz CT molecular complexity index is 182. The molecule has 0 amide bonds. The van der Waals surface area contributed by atoms with E-state index in [1.54, 1.807) is 6.08 Å². The summed E-state index contributed by atoms with van der Waals surface area (Å²) in [6.07, 6.45) is 7.42. The standard InChI is InChI=1S/C12H22O/c1-5-11(4)9-8-10-12(13,6-2)7-3/h6,9,13H,2,5,7-8,10H2,1,3-4H3/b11-9+. The maximum atomic E-state index is 9.87. The Hall–Kier alpha value is -0.560. The lowest BCUT2D eigenvalue weighted by atomic mass is 9.94. The third kappa shape index (κ3) is 4.89. The van der Waals surface area contributed by atoms with Crippen molar-refractivity contribution >= 4 is 0 Å². The zero-order valence-electron chi connectivity index (χ0n) is 9.14. The van der Waals surface area contributed by atoms with E-state index in [0.29, 0.717) is 0 Å². The van der Waals surface area contributed by atoms with E-state index in [0.717, 1.165) is 25.7 Å². The van der Waals surface area contributed by atoms with Crippen LogP contribution < -0.4 is 0 Å². The summed E-state index contributed by atoms with van der Waals surface area (Å²) in [6.45, 7) is 9.90. The predicted molar refractivity (Wildman–Crippen MR) is 58.7 cm³/mol. The molecule has 1 heteroatoms. The van der Waals surface area contributed by atoms with E-state index < -0.39 is 5.60 Å². The molecule has 0 aromatic heterocycles. The van der Waals surface area contributed by atoms with E-state index in [1.807, 2.05) is 6.92 Å². The van der Waals surface area contributed by atoms with Crippen LogP contribution in [0.4, 0.5) is 0 Å². The van der Waals surface area contributed by atoms with Gasteiger partial charge in [0.05, 0.1) is 5.60 Å². The second-order valence-electron chi connectivity index (χ2n) is 3.60. The van der Waals surface area contributed by atoms with Crippen molar-refractivity contribution in [3.05, 3.63) is 24.3 Å². The van der Waals surface area contributed by atoms with E-state index in [-0.39, 0.29) is 0 Å². The summed E-state index contributed by atoms with van der Waals surface area (Å²) < 4.78 is 0. The summed E-state index contributed by atoms with van der Waals surface area (Å²) in [6, 6.07) is 0. The zero-order chi connectivity index (χ0) is 10.3. The lowest BCUT2D eigenvalue weighted by Crippen LogP contribution is -2.23. The van der Waals surface area contributed by atoms with Crippen molar-refractivity contribution < 1.29 is 5.11 Å². The largest absolute Gasteiger partial charge is 0.386 e. The molecule has 0 aromatic rings. The molecule has 1 atom stereocenters. The number of hydrogen-bond acceptors (Lipinski definition) is 1. The smallest absolute Gasteiger partial charge is 0.0825 e. The minimum Gasteiger partial charge on any atom is -0.386 e. The van der Waals surface area contributed by atoms with Crippen LogP contribution in [-0.2, 0) is 0 Å². The second-order valence-corrected chi connectivity index (χ2v) is 3.60. The van der Waals surface area contributed by atoms with Crippen LogP contribution in [0.15, 0.2) is 24.3 Å². The normalized spacial score (nSPS) is 16.8. The highest BCUT2D eigenvalue weighted by molar-refractivity contribution is 5.00. The molecular formula is C12H22O. The molecule has 0 rings (SSSR count). The first-order valence-electron chi connectivity index (χ1n) is 5.09. The third-order valence-electron chi connectivity index (χ3n) is 2.62. The summed E-state index contributed by atoms with van der Waals surface area (Å²) in [5.41, 5.74) is 0.729. The van der Waals surface area contributed by atoms with Crippen molar-refractivity contribution in [1.82, 2.24) is 0 Å². The average molecular weight is 182 g/mol. The van der Waals surface area contributed by atoms with Crippen LogP contribution >= 0.6 is 0 Å². The molecule has 0 fully saturated rings. The Kier molecular flexibility index (Phi) is 5.72. The van der Waals surface area contributed by atoms with Gasteiger partial charge in [0.15, 0.2) is 0 Å². The molecule has 0 aromatic carbocycles. The highest BCUT2D eigenvalue weighted by Gasteiger charge is 2.18. The molecule has 0 heterocycles. The summed E-state index contributed by atoms with van der Waals surface area (Å²) in [4.78, 5) is 0. The predicted octanol–water partition coefficient (Wildman–Crippen LogP) is 3.45. The molecule has 1 nitrogen and oxygen atoms in total. The lowest BCUT2D eigenvalue weighted by molar-refractivity contribution is 0.0788. The van der Waals surface area contributed by atoms with Crippen molar-refractivity contribution in [3.63, 3.8) is 0 Å². The van der Waals surface area contributed by atoms with Crippen LogP contribution in [0.5, 0.6) is 0 Å². The monoisotopic (exact) mass is 182 g/mol. The van der Waals surface area contributed by atoms with E-state index >= 15 is 0 Å². The van der Waals surface area contributed by atoms with E-state index in [4.69, 9.17) is 0 Å². The minimum absolute atomic E-state index is 0.662. The van der Waals surface area contributed by atoms with Crippen molar-refractivity contribution in [1.29, 1.82) is 0 Å².